The molecule has 2 saturated carbocycles. The molecule has 0 aliphatic heterocycles. The predicted octanol–water partition coefficient (Wildman–Crippen LogP) is 2.01. The molecule has 2 bridgehead atoms. The Labute approximate surface area is 44.9 Å². The fourth-order valence-electron chi connectivity index (χ4n) is 1.93. The zero-order valence-corrected chi connectivity index (χ0v) is 4.56. The molecule has 2 unspecified atom stereocenters. The van der Waals surface area contributed by atoms with Gasteiger partial charge in [-0.15, -0.1) is 0 Å². The zero-order valence-electron chi connectivity index (χ0n) is 4.56. The second kappa shape index (κ2) is 1.24. The average Bonchev–Trinajstić information content (AvgIpc) is 2.22. The maximum absolute atomic E-state index is 2.51. The van der Waals surface area contributed by atoms with Crippen LogP contribution in [0.25, 0.3) is 0 Å². The summed E-state index contributed by atoms with van der Waals surface area (Å²) < 4.78 is 0. The first-order chi connectivity index (χ1) is 3.45. The van der Waals surface area contributed by atoms with Gasteiger partial charge < -0.3 is 0 Å². The Hall–Kier alpha value is 0. The summed E-state index contributed by atoms with van der Waals surface area (Å²) in [4.78, 5) is 0. The summed E-state index contributed by atoms with van der Waals surface area (Å²) in [5, 5.41) is 0. The van der Waals surface area contributed by atoms with Gasteiger partial charge in [-0.1, -0.05) is 6.42 Å². The normalized spacial score (nSPS) is 48.0. The van der Waals surface area contributed by atoms with E-state index in [0.29, 0.717) is 0 Å². The summed E-state index contributed by atoms with van der Waals surface area (Å²) in [6, 6.07) is 0. The highest BCUT2D eigenvalue weighted by molar-refractivity contribution is 4.94. The molecule has 2 atom stereocenters. The molecular weight excluding hydrogens is 84.1 g/mol. The molecule has 0 amide bonds. The second-order valence-electron chi connectivity index (χ2n) is 2.91. The van der Waals surface area contributed by atoms with Gasteiger partial charge in [-0.2, -0.15) is 0 Å². The van der Waals surface area contributed by atoms with Crippen LogP contribution in [0, 0.1) is 18.3 Å². The predicted molar refractivity (Wildman–Crippen MR) is 29.7 cm³/mol. The van der Waals surface area contributed by atoms with Crippen molar-refractivity contribution in [3.05, 3.63) is 6.42 Å². The summed E-state index contributed by atoms with van der Waals surface area (Å²) in [5.41, 5.74) is 0. The third-order valence-corrected chi connectivity index (χ3v) is 2.38. The van der Waals surface area contributed by atoms with Crippen LogP contribution in [0.2, 0.25) is 0 Å². The highest BCUT2D eigenvalue weighted by Gasteiger charge is 2.30. The Kier molecular flexibility index (Phi) is 0.697. The van der Waals surface area contributed by atoms with E-state index in [-0.39, 0.29) is 0 Å². The van der Waals surface area contributed by atoms with E-state index in [4.69, 9.17) is 0 Å². The molecule has 0 N–H and O–H groups in total. The quantitative estimate of drug-likeness (QED) is 0.431. The largest absolute Gasteiger partial charge is 0.0502 e. The molecule has 2 fully saturated rings. The Morgan fingerprint density at radius 3 is 2.43 bits per heavy atom. The van der Waals surface area contributed by atoms with Crippen LogP contribution in [-0.4, -0.2) is 0 Å². The highest BCUT2D eigenvalue weighted by atomic mass is 14.4. The molecule has 2 aliphatic rings. The Morgan fingerprint density at radius 2 is 2.29 bits per heavy atom. The fourth-order valence-corrected chi connectivity index (χ4v) is 1.93. The lowest BCUT2D eigenvalue weighted by Gasteiger charge is -2.04. The smallest absolute Gasteiger partial charge is 0.0352 e. The number of rotatable bonds is 0. The molecule has 0 heterocycles. The standard InChI is InChI=1S/C7H11/c1-2-7-4-3-6(1)5-7/h1,6-7H,2-5H2. The fraction of sp³-hybridized carbons (Fsp3) is 0.857. The van der Waals surface area contributed by atoms with E-state index >= 15 is 0 Å². The molecule has 0 heteroatoms. The van der Waals surface area contributed by atoms with Crippen LogP contribution in [0.15, 0.2) is 0 Å². The summed E-state index contributed by atoms with van der Waals surface area (Å²) in [6.07, 6.45) is 8.50. The second-order valence-corrected chi connectivity index (χ2v) is 2.91. The molecule has 7 heavy (non-hydrogen) atoms. The summed E-state index contributed by atoms with van der Waals surface area (Å²) in [6.45, 7) is 0. The van der Waals surface area contributed by atoms with E-state index in [2.05, 4.69) is 6.42 Å². The van der Waals surface area contributed by atoms with Crippen molar-refractivity contribution >= 4 is 0 Å². The average molecular weight is 95.2 g/mol. The van der Waals surface area contributed by atoms with Gasteiger partial charge in [0.15, 0.2) is 0 Å². The molecule has 2 rings (SSSR count). The van der Waals surface area contributed by atoms with Crippen molar-refractivity contribution in [3.63, 3.8) is 0 Å². The topological polar surface area (TPSA) is 0 Å². The van der Waals surface area contributed by atoms with E-state index in [1.807, 2.05) is 0 Å². The van der Waals surface area contributed by atoms with Crippen LogP contribution < -0.4 is 0 Å². The van der Waals surface area contributed by atoms with E-state index < -0.39 is 0 Å². The molecule has 0 aromatic carbocycles. The van der Waals surface area contributed by atoms with Crippen LogP contribution in [0.1, 0.15) is 25.7 Å². The molecule has 0 aromatic heterocycles. The van der Waals surface area contributed by atoms with Crippen molar-refractivity contribution in [1.29, 1.82) is 0 Å². The summed E-state index contributed by atoms with van der Waals surface area (Å²) >= 11 is 0. The molecule has 2 aliphatic carbocycles. The summed E-state index contributed by atoms with van der Waals surface area (Å²) in [7, 11) is 0. The van der Waals surface area contributed by atoms with Crippen molar-refractivity contribution in [2.45, 2.75) is 25.7 Å². The van der Waals surface area contributed by atoms with Crippen LogP contribution in [-0.2, 0) is 0 Å². The van der Waals surface area contributed by atoms with Crippen molar-refractivity contribution in [2.24, 2.45) is 11.8 Å². The molecule has 39 valence electrons. The van der Waals surface area contributed by atoms with Gasteiger partial charge in [0.1, 0.15) is 0 Å². The lowest BCUT2D eigenvalue weighted by molar-refractivity contribution is 0.557. The lowest BCUT2D eigenvalue weighted by Crippen LogP contribution is -1.92. The van der Waals surface area contributed by atoms with Crippen molar-refractivity contribution in [1.82, 2.24) is 0 Å². The van der Waals surface area contributed by atoms with Crippen LogP contribution in [0.4, 0.5) is 0 Å². The third kappa shape index (κ3) is 0.490. The lowest BCUT2D eigenvalue weighted by atomic mass is 10.0. The van der Waals surface area contributed by atoms with E-state index in [9.17, 15) is 0 Å². The van der Waals surface area contributed by atoms with Gasteiger partial charge >= 0.3 is 0 Å². The zero-order chi connectivity index (χ0) is 4.69. The van der Waals surface area contributed by atoms with Crippen molar-refractivity contribution in [2.75, 3.05) is 0 Å². The minimum Gasteiger partial charge on any atom is -0.0502 e. The van der Waals surface area contributed by atoms with Gasteiger partial charge in [0.25, 0.3) is 0 Å². The Bertz CT molecular complexity index is 58.1. The molecule has 0 nitrogen and oxygen atoms in total. The van der Waals surface area contributed by atoms with E-state index in [1.165, 1.54) is 25.7 Å². The van der Waals surface area contributed by atoms with Crippen LogP contribution >= 0.6 is 0 Å². The van der Waals surface area contributed by atoms with Crippen LogP contribution in [0.3, 0.4) is 0 Å². The molecule has 1 radical (unpaired) electrons. The maximum Gasteiger partial charge on any atom is -0.0352 e. The molecule has 0 aromatic rings. The van der Waals surface area contributed by atoms with Gasteiger partial charge in [0, 0.05) is 0 Å². The first kappa shape index (κ1) is 3.94. The third-order valence-electron chi connectivity index (χ3n) is 2.38. The molecule has 0 saturated heterocycles. The van der Waals surface area contributed by atoms with Gasteiger partial charge in [-0.25, -0.2) is 0 Å². The van der Waals surface area contributed by atoms with Gasteiger partial charge in [-0.05, 0) is 37.5 Å². The Balaban J connectivity index is 2.12. The van der Waals surface area contributed by atoms with E-state index in [0.717, 1.165) is 11.8 Å². The van der Waals surface area contributed by atoms with Gasteiger partial charge in [0.05, 0.1) is 0 Å². The highest BCUT2D eigenvalue weighted by Crippen LogP contribution is 2.43. The SMILES string of the molecule is [CH]1CC2CCC1C2. The molecule has 0 spiro atoms. The Morgan fingerprint density at radius 1 is 1.29 bits per heavy atom. The monoisotopic (exact) mass is 95.1 g/mol. The number of hydrogen-bond acceptors (Lipinski definition) is 0. The first-order valence-electron chi connectivity index (χ1n) is 3.28. The number of hydrogen-bond donors (Lipinski definition) is 0. The van der Waals surface area contributed by atoms with Gasteiger partial charge in [0.2, 0.25) is 0 Å². The first-order valence-corrected chi connectivity index (χ1v) is 3.28. The minimum absolute atomic E-state index is 1.05. The molecular formula is C7H11. The van der Waals surface area contributed by atoms with E-state index in [1.54, 1.807) is 0 Å². The van der Waals surface area contributed by atoms with Crippen molar-refractivity contribution < 1.29 is 0 Å². The van der Waals surface area contributed by atoms with Gasteiger partial charge in [-0.3, -0.25) is 0 Å². The van der Waals surface area contributed by atoms with Crippen molar-refractivity contribution in [3.8, 4) is 0 Å². The van der Waals surface area contributed by atoms with Crippen LogP contribution in [0.5, 0.6) is 0 Å². The minimum atomic E-state index is 1.05. The number of fused-ring (bicyclic) bond motifs is 2. The maximum atomic E-state index is 2.51. The summed E-state index contributed by atoms with van der Waals surface area (Å²) in [5.74, 6) is 2.16.